The van der Waals surface area contributed by atoms with E-state index in [1.54, 1.807) is 18.2 Å². The molecule has 0 aliphatic rings. The number of aryl methyl sites for hydroxylation is 1. The molecule has 1 aromatic heterocycles. The van der Waals surface area contributed by atoms with Gasteiger partial charge in [-0.1, -0.05) is 43.0 Å². The number of aromatic nitrogens is 3. The number of aliphatic hydroxyl groups is 1. The molecule has 3 aromatic carbocycles. The molecule has 4 aromatic rings. The van der Waals surface area contributed by atoms with Gasteiger partial charge in [0, 0.05) is 6.07 Å². The van der Waals surface area contributed by atoms with E-state index in [4.69, 9.17) is 9.47 Å². The Balaban J connectivity index is 1.30. The molecule has 0 aliphatic heterocycles. The zero-order chi connectivity index (χ0) is 22.5. The van der Waals surface area contributed by atoms with Crippen LogP contribution in [0.15, 0.2) is 67.2 Å². The van der Waals surface area contributed by atoms with Crippen molar-refractivity contribution in [1.29, 1.82) is 0 Å². The van der Waals surface area contributed by atoms with Gasteiger partial charge < -0.3 is 19.7 Å². The summed E-state index contributed by atoms with van der Waals surface area (Å²) in [5, 5.41) is 29.4. The number of rotatable bonds is 9. The molecule has 0 aliphatic carbocycles. The maximum atomic E-state index is 10.4. The Morgan fingerprint density at radius 3 is 2.53 bits per heavy atom. The molecular weight excluding hydrogens is 406 g/mol. The van der Waals surface area contributed by atoms with Crippen molar-refractivity contribution < 1.29 is 19.7 Å². The van der Waals surface area contributed by atoms with E-state index >= 15 is 0 Å². The van der Waals surface area contributed by atoms with E-state index in [-0.39, 0.29) is 19.0 Å². The van der Waals surface area contributed by atoms with Crippen molar-refractivity contribution in [2.24, 2.45) is 0 Å². The molecule has 1 atom stereocenters. The molecule has 0 saturated heterocycles. The minimum Gasteiger partial charge on any atom is -0.505 e. The fraction of sp³-hybridized carbons (Fsp3) is 0.200. The number of ether oxygens (including phenoxy) is 2. The van der Waals surface area contributed by atoms with Crippen LogP contribution < -0.4 is 4.74 Å². The normalized spacial score (nSPS) is 12.1. The van der Waals surface area contributed by atoms with E-state index in [1.807, 2.05) is 49.4 Å². The molecule has 0 saturated carbocycles. The van der Waals surface area contributed by atoms with Crippen LogP contribution >= 0.6 is 0 Å². The number of hydrogen-bond donors (Lipinski definition) is 2. The molecule has 0 fully saturated rings. The summed E-state index contributed by atoms with van der Waals surface area (Å²) in [5.74, 6) is 0.408. The second-order valence-electron chi connectivity index (χ2n) is 7.56. The summed E-state index contributed by atoms with van der Waals surface area (Å²) in [4.78, 5) is 1.40. The van der Waals surface area contributed by atoms with E-state index in [2.05, 4.69) is 16.8 Å². The molecule has 1 heterocycles. The van der Waals surface area contributed by atoms with Gasteiger partial charge in [0.15, 0.2) is 0 Å². The van der Waals surface area contributed by atoms with Crippen LogP contribution in [0.25, 0.3) is 22.8 Å². The lowest BCUT2D eigenvalue weighted by Gasteiger charge is -2.14. The Hall–Kier alpha value is -3.68. The summed E-state index contributed by atoms with van der Waals surface area (Å²) >= 11 is 0. The third-order valence-corrected chi connectivity index (χ3v) is 4.93. The summed E-state index contributed by atoms with van der Waals surface area (Å²) in [6.45, 7) is 6.29. The molecule has 7 heteroatoms. The first-order valence-electron chi connectivity index (χ1n) is 10.3. The van der Waals surface area contributed by atoms with E-state index in [1.165, 1.54) is 10.9 Å². The molecule has 2 N–H and O–H groups in total. The van der Waals surface area contributed by atoms with Crippen molar-refractivity contribution in [2.75, 3.05) is 13.2 Å². The number of aliphatic hydroxyl groups excluding tert-OH is 1. The average molecular weight is 431 g/mol. The number of fused-ring (bicyclic) bond motifs is 1. The second-order valence-corrected chi connectivity index (χ2v) is 7.56. The Morgan fingerprint density at radius 2 is 1.78 bits per heavy atom. The maximum Gasteiger partial charge on any atom is 0.146 e. The largest absolute Gasteiger partial charge is 0.505 e. The molecule has 0 amide bonds. The number of phenolic OH excluding ortho intramolecular Hbond substituents is 1. The van der Waals surface area contributed by atoms with E-state index < -0.39 is 6.10 Å². The van der Waals surface area contributed by atoms with E-state index in [0.717, 1.165) is 27.7 Å². The minimum absolute atomic E-state index is 0.0201. The van der Waals surface area contributed by atoms with Crippen LogP contribution in [-0.2, 0) is 11.3 Å². The topological polar surface area (TPSA) is 89.6 Å². The molecule has 7 nitrogen and oxygen atoms in total. The molecule has 32 heavy (non-hydrogen) atoms. The summed E-state index contributed by atoms with van der Waals surface area (Å²) in [7, 11) is 0. The monoisotopic (exact) mass is 431 g/mol. The maximum absolute atomic E-state index is 10.4. The highest BCUT2D eigenvalue weighted by atomic mass is 16.5. The van der Waals surface area contributed by atoms with Gasteiger partial charge in [0.25, 0.3) is 0 Å². The lowest BCUT2D eigenvalue weighted by atomic mass is 10.1. The summed E-state index contributed by atoms with van der Waals surface area (Å²) in [5.41, 5.74) is 5.09. The van der Waals surface area contributed by atoms with Crippen molar-refractivity contribution in [2.45, 2.75) is 19.6 Å². The van der Waals surface area contributed by atoms with Gasteiger partial charge in [0.05, 0.1) is 13.2 Å². The smallest absolute Gasteiger partial charge is 0.146 e. The fourth-order valence-electron chi connectivity index (χ4n) is 3.20. The molecule has 0 radical (unpaired) electrons. The molecule has 4 rings (SSSR count). The third kappa shape index (κ3) is 5.14. The van der Waals surface area contributed by atoms with Crippen molar-refractivity contribution >= 4 is 17.1 Å². The van der Waals surface area contributed by atoms with Crippen LogP contribution in [0.2, 0.25) is 0 Å². The Labute approximate surface area is 186 Å². The third-order valence-electron chi connectivity index (χ3n) is 4.93. The number of hydrogen-bond acceptors (Lipinski definition) is 6. The van der Waals surface area contributed by atoms with Crippen molar-refractivity contribution in [3.8, 4) is 17.2 Å². The number of aromatic hydroxyl groups is 1. The summed E-state index contributed by atoms with van der Waals surface area (Å²) < 4.78 is 11.2. The van der Waals surface area contributed by atoms with E-state index in [0.29, 0.717) is 18.0 Å². The van der Waals surface area contributed by atoms with Gasteiger partial charge in [-0.05, 0) is 47.9 Å². The molecular formula is C25H25N3O4. The van der Waals surface area contributed by atoms with Crippen LogP contribution in [0.3, 0.4) is 0 Å². The van der Waals surface area contributed by atoms with Crippen molar-refractivity contribution in [1.82, 2.24) is 15.0 Å². The van der Waals surface area contributed by atoms with Gasteiger partial charge >= 0.3 is 0 Å². The van der Waals surface area contributed by atoms with Gasteiger partial charge in [-0.25, -0.2) is 0 Å². The molecule has 1 unspecified atom stereocenters. The highest BCUT2D eigenvalue weighted by molar-refractivity contribution is 5.74. The quantitative estimate of drug-likeness (QED) is 0.416. The van der Waals surface area contributed by atoms with Gasteiger partial charge in [0.2, 0.25) is 0 Å². The van der Waals surface area contributed by atoms with Gasteiger partial charge in [-0.15, -0.1) is 15.0 Å². The van der Waals surface area contributed by atoms with Gasteiger partial charge in [-0.2, -0.15) is 0 Å². The first-order valence-corrected chi connectivity index (χ1v) is 10.3. The van der Waals surface area contributed by atoms with Gasteiger partial charge in [-0.3, -0.25) is 0 Å². The lowest BCUT2D eigenvalue weighted by Crippen LogP contribution is -2.23. The fourth-order valence-corrected chi connectivity index (χ4v) is 3.20. The van der Waals surface area contributed by atoms with Crippen LogP contribution in [0.4, 0.5) is 0 Å². The van der Waals surface area contributed by atoms with Crippen LogP contribution in [0, 0.1) is 6.92 Å². The average Bonchev–Trinajstić information content (AvgIpc) is 3.21. The van der Waals surface area contributed by atoms with Crippen LogP contribution in [0.1, 0.15) is 16.7 Å². The molecule has 0 spiro atoms. The van der Waals surface area contributed by atoms with Crippen LogP contribution in [0.5, 0.6) is 11.5 Å². The van der Waals surface area contributed by atoms with Gasteiger partial charge in [0.1, 0.15) is 40.9 Å². The molecule has 0 bridgehead atoms. The number of benzene rings is 3. The predicted octanol–water partition coefficient (Wildman–Crippen LogP) is 4.03. The summed E-state index contributed by atoms with van der Waals surface area (Å²) in [6, 6.07) is 18.5. The Morgan fingerprint density at radius 1 is 1.00 bits per heavy atom. The lowest BCUT2D eigenvalue weighted by molar-refractivity contribution is 0.00546. The first kappa shape index (κ1) is 21.5. The first-order chi connectivity index (χ1) is 15.5. The number of phenols is 1. The predicted molar refractivity (Wildman–Crippen MR) is 123 cm³/mol. The highest BCUT2D eigenvalue weighted by Crippen LogP contribution is 2.27. The zero-order valence-corrected chi connectivity index (χ0v) is 17.8. The zero-order valence-electron chi connectivity index (χ0n) is 17.8. The Bertz CT molecular complexity index is 1220. The number of nitrogens with zero attached hydrogens (tertiary/aromatic N) is 3. The standard InChI is InChI=1S/C25H25N3O4/c1-3-18-5-7-19(8-6-18)14-31-15-20(29)16-32-21-9-11-24(25(30)13-21)28-26-22-10-4-17(2)12-23(22)27-28/h3-13,20,29-30H,1,14-16H2,2H3. The summed E-state index contributed by atoms with van der Waals surface area (Å²) in [6.07, 6.45) is 0.982. The van der Waals surface area contributed by atoms with E-state index in [9.17, 15) is 10.2 Å². The highest BCUT2D eigenvalue weighted by Gasteiger charge is 2.12. The van der Waals surface area contributed by atoms with Crippen molar-refractivity contribution in [3.63, 3.8) is 0 Å². The minimum atomic E-state index is -0.800. The molecule has 164 valence electrons. The SMILES string of the molecule is C=Cc1ccc(COCC(O)COc2ccc(-n3nc4ccc(C)cc4n3)c(O)c2)cc1. The Kier molecular flexibility index (Phi) is 6.49. The van der Waals surface area contributed by atoms with Crippen LogP contribution in [-0.4, -0.2) is 44.5 Å². The second kappa shape index (κ2) is 9.64. The van der Waals surface area contributed by atoms with Crippen molar-refractivity contribution in [3.05, 3.63) is 83.9 Å².